The fourth-order valence-electron chi connectivity index (χ4n) is 7.59. The van der Waals surface area contributed by atoms with Crippen LogP contribution in [-0.4, -0.2) is 49.9 Å². The topological polar surface area (TPSA) is 104 Å². The van der Waals surface area contributed by atoms with Crippen LogP contribution in [0.2, 0.25) is 0 Å². The molecule has 4 amide bonds. The van der Waals surface area contributed by atoms with E-state index in [2.05, 4.69) is 0 Å². The molecule has 0 radical (unpaired) electrons. The summed E-state index contributed by atoms with van der Waals surface area (Å²) in [4.78, 5) is 53.4. The number of alkyl halides is 2. The Morgan fingerprint density at radius 1 is 1.02 bits per heavy atom. The number of nitrogens with zero attached hydrogens (tertiary/aromatic N) is 2. The van der Waals surface area contributed by atoms with Crippen LogP contribution in [0, 0.1) is 29.5 Å². The Labute approximate surface area is 250 Å². The molecule has 11 heteroatoms. The number of fused-ring (bicyclic) bond motifs is 5. The van der Waals surface area contributed by atoms with Gasteiger partial charge in [0, 0.05) is 24.4 Å². The number of carbonyl (C=O) groups excluding carboxylic acids is 4. The highest BCUT2D eigenvalue weighted by Gasteiger charge is 2.77. The molecule has 6 atom stereocenters. The van der Waals surface area contributed by atoms with Crippen molar-refractivity contribution in [2.45, 2.75) is 35.9 Å². The van der Waals surface area contributed by atoms with Gasteiger partial charge in [-0.05, 0) is 73.7 Å². The molecular weight excluding hydrogens is 586 g/mol. The van der Waals surface area contributed by atoms with E-state index < -0.39 is 51.1 Å². The minimum absolute atomic E-state index is 0.0245. The molecule has 0 aromatic heterocycles. The Bertz CT molecular complexity index is 1660. The van der Waals surface area contributed by atoms with Gasteiger partial charge in [0.2, 0.25) is 11.8 Å². The molecule has 2 aromatic carbocycles. The van der Waals surface area contributed by atoms with Gasteiger partial charge in [-0.25, -0.2) is 9.29 Å². The maximum atomic E-state index is 14.4. The number of anilines is 1. The van der Waals surface area contributed by atoms with Gasteiger partial charge >= 0.3 is 0 Å². The second-order valence-electron chi connectivity index (χ2n) is 11.5. The van der Waals surface area contributed by atoms with Crippen LogP contribution >= 0.6 is 23.2 Å². The predicted molar refractivity (Wildman–Crippen MR) is 150 cm³/mol. The maximum Gasteiger partial charge on any atom is 0.258 e. The minimum Gasteiger partial charge on any atom is -0.508 e. The molecule has 3 fully saturated rings. The third kappa shape index (κ3) is 3.40. The van der Waals surface area contributed by atoms with E-state index in [1.54, 1.807) is 19.1 Å². The Hall–Kier alpha value is -3.69. The van der Waals surface area contributed by atoms with E-state index in [0.717, 1.165) is 17.0 Å². The van der Waals surface area contributed by atoms with Crippen molar-refractivity contribution in [2.75, 3.05) is 11.4 Å². The van der Waals surface area contributed by atoms with Gasteiger partial charge in [0.25, 0.3) is 11.8 Å². The molecule has 216 valence electrons. The van der Waals surface area contributed by atoms with Crippen molar-refractivity contribution in [3.8, 4) is 11.5 Å². The van der Waals surface area contributed by atoms with Crippen LogP contribution in [0.15, 0.2) is 65.9 Å². The molecule has 0 spiro atoms. The van der Waals surface area contributed by atoms with Gasteiger partial charge in [0.1, 0.15) is 17.3 Å². The van der Waals surface area contributed by atoms with Crippen LogP contribution in [0.1, 0.15) is 25.3 Å². The zero-order valence-corrected chi connectivity index (χ0v) is 23.9. The van der Waals surface area contributed by atoms with Crippen molar-refractivity contribution in [1.29, 1.82) is 0 Å². The summed E-state index contributed by atoms with van der Waals surface area (Å²) in [5, 5.41) is 10.1. The normalized spacial score (nSPS) is 33.4. The highest BCUT2D eigenvalue weighted by molar-refractivity contribution is 6.58. The summed E-state index contributed by atoms with van der Waals surface area (Å²) in [7, 11) is 0. The number of rotatable bonds is 3. The Morgan fingerprint density at radius 3 is 2.48 bits per heavy atom. The lowest BCUT2D eigenvalue weighted by atomic mass is 9.56. The molecular formula is C31H25Cl2FN2O6. The average molecular weight is 611 g/mol. The van der Waals surface area contributed by atoms with Crippen molar-refractivity contribution in [2.24, 2.45) is 23.7 Å². The summed E-state index contributed by atoms with van der Waals surface area (Å²) in [6.45, 7) is 1.95. The van der Waals surface area contributed by atoms with Gasteiger partial charge in [-0.15, -0.1) is 23.2 Å². The number of hydrogen-bond acceptors (Lipinski definition) is 6. The van der Waals surface area contributed by atoms with E-state index >= 15 is 0 Å². The van der Waals surface area contributed by atoms with E-state index in [9.17, 15) is 28.7 Å². The molecule has 0 bridgehead atoms. The molecule has 2 aliphatic carbocycles. The van der Waals surface area contributed by atoms with Crippen molar-refractivity contribution in [3.63, 3.8) is 0 Å². The number of likely N-dealkylation sites (tertiary alicyclic amines) is 1. The number of halogens is 3. The van der Waals surface area contributed by atoms with E-state index in [4.69, 9.17) is 27.9 Å². The van der Waals surface area contributed by atoms with Gasteiger partial charge in [-0.1, -0.05) is 11.6 Å². The molecule has 8 nitrogen and oxygen atoms in total. The average Bonchev–Trinajstić information content (AvgIpc) is 3.30. The van der Waals surface area contributed by atoms with Crippen LogP contribution in [0.3, 0.4) is 0 Å². The van der Waals surface area contributed by atoms with Gasteiger partial charge in [-0.2, -0.15) is 0 Å². The zero-order valence-electron chi connectivity index (χ0n) is 22.4. The number of phenols is 1. The van der Waals surface area contributed by atoms with Gasteiger partial charge < -0.3 is 9.84 Å². The summed E-state index contributed by atoms with van der Waals surface area (Å²) >= 11 is 14.7. The number of allylic oxidation sites excluding steroid dienone is 3. The Kier molecular flexibility index (Phi) is 5.92. The van der Waals surface area contributed by atoms with E-state index in [1.807, 2.05) is 6.08 Å². The standard InChI is InChI=1S/C31H25Cl2FN2O6/c1-2-35-26(38)21-9-8-20-22(24(21)27(35)39)13-30(32)28(40)36(18-5-3-17(34)4-6-18)29(41)31(30,33)25(20)16-11-15-12-19(37)7-10-23(15)42-14-16/h3-8,10,12,14,21-22,24-25,37H,2,9,11,13H2,1H3. The third-order valence-corrected chi connectivity index (χ3v) is 10.9. The number of aromatic hydroxyl groups is 1. The van der Waals surface area contributed by atoms with Gasteiger partial charge in [-0.3, -0.25) is 24.1 Å². The first-order valence-electron chi connectivity index (χ1n) is 13.8. The highest BCUT2D eigenvalue weighted by Crippen LogP contribution is 2.65. The summed E-state index contributed by atoms with van der Waals surface area (Å²) in [5.41, 5.74) is 1.94. The van der Waals surface area contributed by atoms with E-state index in [1.165, 1.54) is 29.4 Å². The first kappa shape index (κ1) is 27.2. The number of benzene rings is 2. The molecule has 7 rings (SSSR count). The second-order valence-corrected chi connectivity index (χ2v) is 12.7. The first-order chi connectivity index (χ1) is 20.0. The number of imide groups is 2. The fraction of sp³-hybridized carbons (Fsp3) is 0.355. The molecule has 42 heavy (non-hydrogen) atoms. The fourth-order valence-corrected chi connectivity index (χ4v) is 8.54. The molecule has 1 saturated carbocycles. The van der Waals surface area contributed by atoms with Crippen LogP contribution in [0.4, 0.5) is 10.1 Å². The quantitative estimate of drug-likeness (QED) is 0.312. The number of hydrogen-bond donors (Lipinski definition) is 1. The lowest BCUT2D eigenvalue weighted by Crippen LogP contribution is -2.61. The SMILES string of the molecule is CCN1C(=O)C2CC=C3C(CC4(Cl)C(=O)N(c5ccc(F)cc5)C(=O)C4(Cl)C3C3=COc4ccc(O)cc4C3)C2C1=O. The van der Waals surface area contributed by atoms with Crippen LogP contribution in [0.5, 0.6) is 11.5 Å². The predicted octanol–water partition coefficient (Wildman–Crippen LogP) is 4.47. The third-order valence-electron chi connectivity index (χ3n) is 9.45. The van der Waals surface area contributed by atoms with E-state index in [-0.39, 0.29) is 49.1 Å². The van der Waals surface area contributed by atoms with E-state index in [0.29, 0.717) is 22.5 Å². The minimum atomic E-state index is -2.03. The number of carbonyl (C=O) groups is 4. The Morgan fingerprint density at radius 2 is 1.76 bits per heavy atom. The number of ether oxygens (including phenoxy) is 1. The number of amides is 4. The maximum absolute atomic E-state index is 14.4. The largest absolute Gasteiger partial charge is 0.508 e. The Balaban J connectivity index is 1.41. The van der Waals surface area contributed by atoms with Gasteiger partial charge in [0.05, 0.1) is 23.8 Å². The number of phenolic OH excluding ortho intramolecular Hbond substituents is 1. The summed E-state index contributed by atoms with van der Waals surface area (Å²) in [5.74, 6) is -5.16. The summed E-state index contributed by atoms with van der Waals surface area (Å²) in [6, 6.07) is 9.54. The van der Waals surface area contributed by atoms with Gasteiger partial charge in [0.15, 0.2) is 9.75 Å². The van der Waals surface area contributed by atoms with Crippen molar-refractivity contribution in [1.82, 2.24) is 4.90 Å². The monoisotopic (exact) mass is 610 g/mol. The summed E-state index contributed by atoms with van der Waals surface area (Å²) in [6.07, 6.45) is 3.69. The van der Waals surface area contributed by atoms with Crippen LogP contribution < -0.4 is 9.64 Å². The van der Waals surface area contributed by atoms with Crippen molar-refractivity contribution >= 4 is 52.5 Å². The molecule has 6 unspecified atom stereocenters. The lowest BCUT2D eigenvalue weighted by molar-refractivity contribution is -0.140. The molecule has 3 aliphatic heterocycles. The molecule has 1 N–H and O–H groups in total. The zero-order chi connectivity index (χ0) is 29.7. The van der Waals surface area contributed by atoms with Crippen molar-refractivity contribution < 1.29 is 33.4 Å². The second kappa shape index (κ2) is 9.15. The lowest BCUT2D eigenvalue weighted by Gasteiger charge is -2.51. The molecule has 2 aromatic rings. The highest BCUT2D eigenvalue weighted by atomic mass is 35.5. The molecule has 2 saturated heterocycles. The van der Waals surface area contributed by atoms with Crippen molar-refractivity contribution in [3.05, 3.63) is 77.3 Å². The smallest absolute Gasteiger partial charge is 0.258 e. The molecule has 3 heterocycles. The van der Waals surface area contributed by atoms with Crippen LogP contribution in [-0.2, 0) is 25.6 Å². The molecule has 5 aliphatic rings. The first-order valence-corrected chi connectivity index (χ1v) is 14.5. The summed E-state index contributed by atoms with van der Waals surface area (Å²) < 4.78 is 19.7. The van der Waals surface area contributed by atoms with Crippen LogP contribution in [0.25, 0.3) is 0 Å².